The minimum atomic E-state index is -3.69. The molecule has 2 rings (SSSR count). The van der Waals surface area contributed by atoms with E-state index in [1.807, 2.05) is 0 Å². The van der Waals surface area contributed by atoms with Crippen LogP contribution in [-0.4, -0.2) is 8.42 Å². The third kappa shape index (κ3) is 3.86. The summed E-state index contributed by atoms with van der Waals surface area (Å²) in [6, 6.07) is 9.51. The van der Waals surface area contributed by atoms with Crippen LogP contribution in [0.1, 0.15) is 11.1 Å². The summed E-state index contributed by atoms with van der Waals surface area (Å²) in [6.07, 6.45) is 4.13. The molecule has 0 atom stereocenters. The second-order valence-electron chi connectivity index (χ2n) is 4.99. The van der Waals surface area contributed by atoms with Crippen LogP contribution >= 0.6 is 23.2 Å². The van der Waals surface area contributed by atoms with E-state index in [1.165, 1.54) is 12.1 Å². The van der Waals surface area contributed by atoms with Gasteiger partial charge in [0.15, 0.2) is 0 Å². The van der Waals surface area contributed by atoms with E-state index in [9.17, 15) is 8.42 Å². The number of sulfone groups is 1. The van der Waals surface area contributed by atoms with Gasteiger partial charge in [0, 0.05) is 10.0 Å². The summed E-state index contributed by atoms with van der Waals surface area (Å²) >= 11 is 12.0. The molecule has 0 aliphatic carbocycles. The highest BCUT2D eigenvalue weighted by Crippen LogP contribution is 2.30. The van der Waals surface area contributed by atoms with Crippen LogP contribution in [0.2, 0.25) is 10.0 Å². The van der Waals surface area contributed by atoms with Gasteiger partial charge in [-0.05, 0) is 60.4 Å². The molecule has 0 aliphatic heterocycles. The van der Waals surface area contributed by atoms with Crippen LogP contribution in [0, 0.1) is 0 Å². The fourth-order valence-electron chi connectivity index (χ4n) is 2.37. The van der Waals surface area contributed by atoms with E-state index >= 15 is 0 Å². The molecule has 0 spiro atoms. The van der Waals surface area contributed by atoms with Crippen LogP contribution < -0.4 is 0 Å². The van der Waals surface area contributed by atoms with Gasteiger partial charge in [-0.15, -0.1) is 13.2 Å². The quantitative estimate of drug-likeness (QED) is 0.651. The maximum absolute atomic E-state index is 13.1. The number of hydrogen-bond donors (Lipinski definition) is 0. The van der Waals surface area contributed by atoms with Crippen molar-refractivity contribution in [1.82, 2.24) is 0 Å². The molecule has 0 aliphatic rings. The second-order valence-corrected chi connectivity index (χ2v) is 7.75. The molecule has 0 bridgehead atoms. The van der Waals surface area contributed by atoms with Crippen LogP contribution in [0.5, 0.6) is 0 Å². The molecule has 0 N–H and O–H groups in total. The average molecular weight is 367 g/mol. The second kappa shape index (κ2) is 7.35. The SMILES string of the molecule is C=CCc1cc(Cl)ccc1S(=O)(=O)c1ccc(Cl)cc1CC=C. The summed E-state index contributed by atoms with van der Waals surface area (Å²) in [5, 5.41) is 0.978. The van der Waals surface area contributed by atoms with Crippen molar-refractivity contribution in [3.63, 3.8) is 0 Å². The topological polar surface area (TPSA) is 34.1 Å². The van der Waals surface area contributed by atoms with E-state index in [4.69, 9.17) is 23.2 Å². The lowest BCUT2D eigenvalue weighted by Crippen LogP contribution is -2.08. The van der Waals surface area contributed by atoms with E-state index in [0.717, 1.165) is 0 Å². The summed E-state index contributed by atoms with van der Waals surface area (Å²) < 4.78 is 26.2. The first-order valence-corrected chi connectivity index (χ1v) is 9.17. The molecule has 0 heterocycles. The predicted molar refractivity (Wildman–Crippen MR) is 96.2 cm³/mol. The summed E-state index contributed by atoms with van der Waals surface area (Å²) in [5.74, 6) is 0. The number of rotatable bonds is 6. The van der Waals surface area contributed by atoms with Crippen molar-refractivity contribution in [3.05, 3.63) is 82.9 Å². The molecule has 0 saturated heterocycles. The first kappa shape index (κ1) is 17.8. The Labute approximate surface area is 147 Å². The molecule has 0 saturated carbocycles. The van der Waals surface area contributed by atoms with Gasteiger partial charge in [-0.1, -0.05) is 35.4 Å². The van der Waals surface area contributed by atoms with Crippen LogP contribution in [0.4, 0.5) is 0 Å². The number of allylic oxidation sites excluding steroid dienone is 2. The number of hydrogen-bond acceptors (Lipinski definition) is 2. The van der Waals surface area contributed by atoms with Crippen LogP contribution in [0.3, 0.4) is 0 Å². The van der Waals surface area contributed by atoms with Crippen LogP contribution in [0.25, 0.3) is 0 Å². The van der Waals surface area contributed by atoms with Crippen molar-refractivity contribution in [1.29, 1.82) is 0 Å². The summed E-state index contributed by atoms with van der Waals surface area (Å²) in [4.78, 5) is 0.462. The molecule has 2 aromatic carbocycles. The normalized spacial score (nSPS) is 11.2. The molecule has 2 nitrogen and oxygen atoms in total. The molecule has 5 heteroatoms. The van der Waals surface area contributed by atoms with Crippen molar-refractivity contribution in [2.45, 2.75) is 22.6 Å². The molecular formula is C18H16Cl2O2S. The monoisotopic (exact) mass is 366 g/mol. The summed E-state index contributed by atoms with van der Waals surface area (Å²) in [5.41, 5.74) is 1.24. The highest BCUT2D eigenvalue weighted by atomic mass is 35.5. The van der Waals surface area contributed by atoms with Crippen molar-refractivity contribution in [2.75, 3.05) is 0 Å². The van der Waals surface area contributed by atoms with E-state index in [0.29, 0.717) is 34.0 Å². The lowest BCUT2D eigenvalue weighted by molar-refractivity contribution is 0.594. The predicted octanol–water partition coefficient (Wildman–Crippen LogP) is 5.28. The van der Waals surface area contributed by atoms with Crippen molar-refractivity contribution in [2.24, 2.45) is 0 Å². The molecule has 0 amide bonds. The molecule has 2 aromatic rings. The third-order valence-electron chi connectivity index (χ3n) is 3.35. The summed E-state index contributed by atoms with van der Waals surface area (Å²) in [7, 11) is -3.69. The van der Waals surface area contributed by atoms with E-state index in [-0.39, 0.29) is 9.79 Å². The van der Waals surface area contributed by atoms with Gasteiger partial charge in [-0.3, -0.25) is 0 Å². The third-order valence-corrected chi connectivity index (χ3v) is 5.78. The molecule has 23 heavy (non-hydrogen) atoms. The maximum Gasteiger partial charge on any atom is 0.207 e. The highest BCUT2D eigenvalue weighted by Gasteiger charge is 2.23. The van der Waals surface area contributed by atoms with Gasteiger partial charge in [-0.25, -0.2) is 8.42 Å². The molecule has 0 fully saturated rings. The number of benzene rings is 2. The lowest BCUT2D eigenvalue weighted by atomic mass is 10.1. The Bertz CT molecular complexity index is 790. The van der Waals surface area contributed by atoms with Gasteiger partial charge in [0.05, 0.1) is 9.79 Å². The van der Waals surface area contributed by atoms with Crippen molar-refractivity contribution >= 4 is 33.0 Å². The van der Waals surface area contributed by atoms with Gasteiger partial charge in [0.2, 0.25) is 9.84 Å². The standard InChI is InChI=1S/C18H16Cl2O2S/c1-3-5-13-11-15(19)7-9-17(13)23(21,22)18-10-8-16(20)12-14(18)6-4-2/h3-4,7-12H,1-2,5-6H2. The first-order valence-electron chi connectivity index (χ1n) is 6.94. The molecule has 0 unspecified atom stereocenters. The zero-order chi connectivity index (χ0) is 17.0. The smallest absolute Gasteiger partial charge is 0.207 e. The van der Waals surface area contributed by atoms with Gasteiger partial charge in [-0.2, -0.15) is 0 Å². The Morgan fingerprint density at radius 2 is 1.22 bits per heavy atom. The first-order chi connectivity index (χ1) is 10.9. The van der Waals surface area contributed by atoms with Crippen LogP contribution in [0.15, 0.2) is 71.5 Å². The largest absolute Gasteiger partial charge is 0.218 e. The van der Waals surface area contributed by atoms with Crippen LogP contribution in [-0.2, 0) is 22.7 Å². The Morgan fingerprint density at radius 3 is 1.57 bits per heavy atom. The minimum Gasteiger partial charge on any atom is -0.218 e. The lowest BCUT2D eigenvalue weighted by Gasteiger charge is -2.13. The fraction of sp³-hybridized carbons (Fsp3) is 0.111. The fourth-order valence-corrected chi connectivity index (χ4v) is 4.46. The van der Waals surface area contributed by atoms with Crippen molar-refractivity contribution in [3.8, 4) is 0 Å². The Morgan fingerprint density at radius 1 is 0.826 bits per heavy atom. The van der Waals surface area contributed by atoms with E-state index in [2.05, 4.69) is 13.2 Å². The summed E-state index contributed by atoms with van der Waals surface area (Å²) in [6.45, 7) is 7.34. The zero-order valence-corrected chi connectivity index (χ0v) is 14.8. The average Bonchev–Trinajstić information content (AvgIpc) is 2.47. The molecule has 0 radical (unpaired) electrons. The van der Waals surface area contributed by atoms with Crippen molar-refractivity contribution < 1.29 is 8.42 Å². The Hall–Kier alpha value is -1.55. The molecule has 0 aromatic heterocycles. The molecular weight excluding hydrogens is 351 g/mol. The minimum absolute atomic E-state index is 0.231. The maximum atomic E-state index is 13.1. The van der Waals surface area contributed by atoms with Gasteiger partial charge >= 0.3 is 0 Å². The number of halogens is 2. The van der Waals surface area contributed by atoms with Gasteiger partial charge < -0.3 is 0 Å². The molecule has 120 valence electrons. The van der Waals surface area contributed by atoms with E-state index < -0.39 is 9.84 Å². The zero-order valence-electron chi connectivity index (χ0n) is 12.4. The van der Waals surface area contributed by atoms with Gasteiger partial charge in [0.1, 0.15) is 0 Å². The Balaban J connectivity index is 2.68. The Kier molecular flexibility index (Phi) is 5.69. The van der Waals surface area contributed by atoms with E-state index in [1.54, 1.807) is 36.4 Å². The highest BCUT2D eigenvalue weighted by molar-refractivity contribution is 7.91. The van der Waals surface area contributed by atoms with Gasteiger partial charge in [0.25, 0.3) is 0 Å².